The molecule has 1 saturated heterocycles. The predicted octanol–water partition coefficient (Wildman–Crippen LogP) is 2.98. The summed E-state index contributed by atoms with van der Waals surface area (Å²) in [6, 6.07) is 5.07. The quantitative estimate of drug-likeness (QED) is 0.881. The van der Waals surface area contributed by atoms with E-state index in [1.54, 1.807) is 12.1 Å². The number of halogens is 1. The molecular formula is C14H17ClN2O3. The van der Waals surface area contributed by atoms with Crippen molar-refractivity contribution in [2.45, 2.75) is 19.8 Å². The number of anilines is 1. The number of nitrogens with zero attached hydrogens (tertiary/aromatic N) is 1. The minimum Gasteiger partial charge on any atom is -0.481 e. The molecule has 20 heavy (non-hydrogen) atoms. The van der Waals surface area contributed by atoms with Gasteiger partial charge in [0, 0.05) is 13.1 Å². The van der Waals surface area contributed by atoms with E-state index in [2.05, 4.69) is 5.32 Å². The summed E-state index contributed by atoms with van der Waals surface area (Å²) in [6.07, 6.45) is 1.32. The molecule has 0 bridgehead atoms. The van der Waals surface area contributed by atoms with E-state index in [4.69, 9.17) is 16.7 Å². The van der Waals surface area contributed by atoms with Gasteiger partial charge in [-0.25, -0.2) is 4.79 Å². The lowest BCUT2D eigenvalue weighted by Gasteiger charge is -2.30. The molecule has 0 saturated carbocycles. The zero-order chi connectivity index (χ0) is 14.7. The number of carboxylic acid groups (broad SMARTS) is 1. The molecule has 1 atom stereocenters. The van der Waals surface area contributed by atoms with Crippen LogP contribution < -0.4 is 5.32 Å². The molecule has 1 fully saturated rings. The van der Waals surface area contributed by atoms with Crippen molar-refractivity contribution in [3.05, 3.63) is 28.8 Å². The Morgan fingerprint density at radius 3 is 2.90 bits per heavy atom. The Morgan fingerprint density at radius 2 is 2.20 bits per heavy atom. The van der Waals surface area contributed by atoms with Crippen LogP contribution in [0.25, 0.3) is 0 Å². The summed E-state index contributed by atoms with van der Waals surface area (Å²) in [7, 11) is 0. The first-order valence-electron chi connectivity index (χ1n) is 6.52. The van der Waals surface area contributed by atoms with E-state index in [1.807, 2.05) is 13.0 Å². The molecular weight excluding hydrogens is 280 g/mol. The fourth-order valence-electron chi connectivity index (χ4n) is 2.29. The number of carbonyl (C=O) groups is 2. The molecule has 0 spiro atoms. The summed E-state index contributed by atoms with van der Waals surface area (Å²) in [5.41, 5.74) is 1.54. The number of rotatable bonds is 2. The molecule has 2 amide bonds. The molecule has 1 unspecified atom stereocenters. The second-order valence-corrected chi connectivity index (χ2v) is 5.44. The number of likely N-dealkylation sites (tertiary alicyclic amines) is 1. The normalized spacial score (nSPS) is 18.7. The highest BCUT2D eigenvalue weighted by Crippen LogP contribution is 2.24. The van der Waals surface area contributed by atoms with Crippen molar-refractivity contribution < 1.29 is 14.7 Å². The van der Waals surface area contributed by atoms with Crippen molar-refractivity contribution >= 4 is 29.3 Å². The van der Waals surface area contributed by atoms with Gasteiger partial charge in [-0.3, -0.25) is 4.79 Å². The Kier molecular flexibility index (Phi) is 4.49. The molecule has 2 N–H and O–H groups in total. The summed E-state index contributed by atoms with van der Waals surface area (Å²) in [4.78, 5) is 24.7. The topological polar surface area (TPSA) is 69.6 Å². The Hall–Kier alpha value is -1.75. The number of amides is 2. The Bertz CT molecular complexity index is 533. The number of carbonyl (C=O) groups excluding carboxylic acids is 1. The molecule has 0 radical (unpaired) electrons. The van der Waals surface area contributed by atoms with E-state index in [1.165, 1.54) is 4.90 Å². The third-order valence-electron chi connectivity index (χ3n) is 3.42. The van der Waals surface area contributed by atoms with Crippen LogP contribution in [0.2, 0.25) is 5.02 Å². The standard InChI is InChI=1S/C14H17ClN2O3/c1-9-4-5-11(15)12(7-9)16-14(20)17-6-2-3-10(8-17)13(18)19/h4-5,7,10H,2-3,6,8H2,1H3,(H,16,20)(H,18,19). The number of urea groups is 1. The van der Waals surface area contributed by atoms with Gasteiger partial charge in [0.25, 0.3) is 0 Å². The lowest BCUT2D eigenvalue weighted by Crippen LogP contribution is -2.44. The molecule has 1 heterocycles. The van der Waals surface area contributed by atoms with Gasteiger partial charge in [0.05, 0.1) is 16.6 Å². The van der Waals surface area contributed by atoms with Crippen LogP contribution in [0.4, 0.5) is 10.5 Å². The number of piperidine rings is 1. The lowest BCUT2D eigenvalue weighted by atomic mass is 9.99. The van der Waals surface area contributed by atoms with Crippen LogP contribution in [0.5, 0.6) is 0 Å². The molecule has 0 aromatic heterocycles. The summed E-state index contributed by atoms with van der Waals surface area (Å²) in [6.45, 7) is 2.72. The third kappa shape index (κ3) is 3.42. The largest absolute Gasteiger partial charge is 0.481 e. The maximum absolute atomic E-state index is 12.2. The van der Waals surface area contributed by atoms with Gasteiger partial charge in [-0.1, -0.05) is 17.7 Å². The number of nitrogens with one attached hydrogen (secondary N) is 1. The molecule has 1 aliphatic heterocycles. The van der Waals surface area contributed by atoms with Gasteiger partial charge < -0.3 is 15.3 Å². The van der Waals surface area contributed by atoms with Crippen LogP contribution in [0, 0.1) is 12.8 Å². The Balaban J connectivity index is 2.04. The SMILES string of the molecule is Cc1ccc(Cl)c(NC(=O)N2CCCC(C(=O)O)C2)c1. The second kappa shape index (κ2) is 6.13. The monoisotopic (exact) mass is 296 g/mol. The number of hydrogen-bond donors (Lipinski definition) is 2. The number of hydrogen-bond acceptors (Lipinski definition) is 2. The van der Waals surface area contributed by atoms with E-state index < -0.39 is 11.9 Å². The van der Waals surface area contributed by atoms with Crippen molar-refractivity contribution in [2.75, 3.05) is 18.4 Å². The van der Waals surface area contributed by atoms with Gasteiger partial charge in [-0.2, -0.15) is 0 Å². The van der Waals surface area contributed by atoms with Crippen LogP contribution in [0.1, 0.15) is 18.4 Å². The van der Waals surface area contributed by atoms with Crippen LogP contribution in [-0.2, 0) is 4.79 Å². The van der Waals surface area contributed by atoms with Gasteiger partial charge >= 0.3 is 12.0 Å². The molecule has 1 aromatic carbocycles. The van der Waals surface area contributed by atoms with Gasteiger partial charge in [0.15, 0.2) is 0 Å². The van der Waals surface area contributed by atoms with E-state index in [-0.39, 0.29) is 12.6 Å². The summed E-state index contributed by atoms with van der Waals surface area (Å²) in [5.74, 6) is -1.33. The fraction of sp³-hybridized carbons (Fsp3) is 0.429. The average molecular weight is 297 g/mol. The number of aryl methyl sites for hydroxylation is 1. The zero-order valence-corrected chi connectivity index (χ0v) is 12.0. The Morgan fingerprint density at radius 1 is 1.45 bits per heavy atom. The molecule has 2 rings (SSSR count). The van der Waals surface area contributed by atoms with Crippen LogP contribution >= 0.6 is 11.6 Å². The van der Waals surface area contributed by atoms with Gasteiger partial charge in [-0.15, -0.1) is 0 Å². The summed E-state index contributed by atoms with van der Waals surface area (Å²) < 4.78 is 0. The van der Waals surface area contributed by atoms with E-state index in [9.17, 15) is 9.59 Å². The first-order chi connectivity index (χ1) is 9.47. The fourth-order valence-corrected chi connectivity index (χ4v) is 2.46. The van der Waals surface area contributed by atoms with E-state index in [0.717, 1.165) is 5.56 Å². The smallest absolute Gasteiger partial charge is 0.321 e. The average Bonchev–Trinajstić information content (AvgIpc) is 2.43. The van der Waals surface area contributed by atoms with Gasteiger partial charge in [-0.05, 0) is 37.5 Å². The van der Waals surface area contributed by atoms with Crippen molar-refractivity contribution in [1.82, 2.24) is 4.90 Å². The minimum atomic E-state index is -0.851. The summed E-state index contributed by atoms with van der Waals surface area (Å²) >= 11 is 6.03. The van der Waals surface area contributed by atoms with Crippen molar-refractivity contribution in [1.29, 1.82) is 0 Å². The first kappa shape index (κ1) is 14.7. The highest BCUT2D eigenvalue weighted by molar-refractivity contribution is 6.33. The van der Waals surface area contributed by atoms with Crippen molar-refractivity contribution in [3.63, 3.8) is 0 Å². The van der Waals surface area contributed by atoms with E-state index >= 15 is 0 Å². The first-order valence-corrected chi connectivity index (χ1v) is 6.90. The highest BCUT2D eigenvalue weighted by Gasteiger charge is 2.28. The maximum atomic E-state index is 12.2. The number of carboxylic acids is 1. The van der Waals surface area contributed by atoms with E-state index in [0.29, 0.717) is 30.1 Å². The second-order valence-electron chi connectivity index (χ2n) is 5.04. The molecule has 6 heteroatoms. The Labute approximate surface area is 122 Å². The highest BCUT2D eigenvalue weighted by atomic mass is 35.5. The summed E-state index contributed by atoms with van der Waals surface area (Å²) in [5, 5.41) is 12.2. The predicted molar refractivity (Wildman–Crippen MR) is 77.1 cm³/mol. The molecule has 1 aliphatic rings. The minimum absolute atomic E-state index is 0.241. The van der Waals surface area contributed by atoms with Crippen molar-refractivity contribution in [3.8, 4) is 0 Å². The molecule has 0 aliphatic carbocycles. The number of aliphatic carboxylic acids is 1. The van der Waals surface area contributed by atoms with Crippen LogP contribution in [-0.4, -0.2) is 35.1 Å². The lowest BCUT2D eigenvalue weighted by molar-refractivity contribution is -0.143. The maximum Gasteiger partial charge on any atom is 0.321 e. The van der Waals surface area contributed by atoms with Crippen LogP contribution in [0.3, 0.4) is 0 Å². The van der Waals surface area contributed by atoms with Gasteiger partial charge in [0.1, 0.15) is 0 Å². The van der Waals surface area contributed by atoms with Crippen molar-refractivity contribution in [2.24, 2.45) is 5.92 Å². The van der Waals surface area contributed by atoms with Gasteiger partial charge in [0.2, 0.25) is 0 Å². The van der Waals surface area contributed by atoms with Crippen LogP contribution in [0.15, 0.2) is 18.2 Å². The molecule has 108 valence electrons. The molecule has 1 aromatic rings. The molecule has 5 nitrogen and oxygen atoms in total. The zero-order valence-electron chi connectivity index (χ0n) is 11.2. The third-order valence-corrected chi connectivity index (χ3v) is 3.75. The number of benzene rings is 1.